The molecular formula is C36H43N7O2. The van der Waals surface area contributed by atoms with Crippen LogP contribution in [0.25, 0.3) is 10.9 Å². The second kappa shape index (κ2) is 14.5. The molecule has 9 nitrogen and oxygen atoms in total. The molecule has 2 aliphatic heterocycles. The number of nitrogens with one attached hydrogen (secondary N) is 3. The van der Waals surface area contributed by atoms with Crippen molar-refractivity contribution in [2.24, 2.45) is 0 Å². The molecule has 2 aliphatic rings. The van der Waals surface area contributed by atoms with Crippen LogP contribution in [-0.2, 0) is 11.3 Å². The van der Waals surface area contributed by atoms with Gasteiger partial charge >= 0.3 is 0 Å². The smallest absolute Gasteiger partial charge is 0.269 e. The first-order valence-electron chi connectivity index (χ1n) is 16.0. The molecule has 0 unspecified atom stereocenters. The van der Waals surface area contributed by atoms with Crippen LogP contribution < -0.4 is 20.9 Å². The van der Waals surface area contributed by atoms with Crippen LogP contribution in [0.2, 0.25) is 0 Å². The Morgan fingerprint density at radius 1 is 0.844 bits per heavy atom. The summed E-state index contributed by atoms with van der Waals surface area (Å²) in [5, 5.41) is 10.5. The molecule has 9 heteroatoms. The number of para-hydroxylation sites is 1. The zero-order valence-corrected chi connectivity index (χ0v) is 26.0. The highest BCUT2D eigenvalue weighted by Crippen LogP contribution is 2.28. The Bertz CT molecular complexity index is 1580. The molecule has 1 aromatic heterocycles. The lowest BCUT2D eigenvalue weighted by molar-refractivity contribution is -0.122. The van der Waals surface area contributed by atoms with E-state index in [2.05, 4.69) is 91.2 Å². The zero-order chi connectivity index (χ0) is 31.0. The fraction of sp³-hybridized carbons (Fsp3) is 0.361. The third-order valence-corrected chi connectivity index (χ3v) is 8.80. The average molecular weight is 606 g/mol. The summed E-state index contributed by atoms with van der Waals surface area (Å²) < 4.78 is 0. The van der Waals surface area contributed by atoms with Gasteiger partial charge in [-0.15, -0.1) is 0 Å². The number of hydrogen-bond donors (Lipinski definition) is 3. The van der Waals surface area contributed by atoms with Crippen molar-refractivity contribution in [2.75, 3.05) is 63.1 Å². The lowest BCUT2D eigenvalue weighted by atomic mass is 10.0. The third kappa shape index (κ3) is 8.17. The number of rotatable bonds is 10. The Labute approximate surface area is 265 Å². The van der Waals surface area contributed by atoms with Gasteiger partial charge in [0.05, 0.1) is 11.2 Å². The summed E-state index contributed by atoms with van der Waals surface area (Å²) in [7, 11) is 2.16. The number of benzene rings is 3. The Hall–Kier alpha value is -4.47. The standard InChI is InChI=1S/C36H43N7O2/c1-41-21-23-43(24-22-41)30-13-11-28(12-14-30)38-33-25-34(40-32-10-6-5-9-31(32)33)36(45)37-18-15-35(44)39-29-16-19-42(20-17-29)26-27-7-3-2-4-8-27/h2-14,25,29H,15-24,26H2,1H3,(H,37,45)(H,38,40)(H,39,44). The van der Waals surface area contributed by atoms with E-state index in [0.717, 1.165) is 80.9 Å². The average Bonchev–Trinajstić information content (AvgIpc) is 3.07. The second-order valence-electron chi connectivity index (χ2n) is 12.1. The highest BCUT2D eigenvalue weighted by molar-refractivity contribution is 6.00. The molecule has 3 aromatic carbocycles. The number of aromatic nitrogens is 1. The number of anilines is 3. The summed E-state index contributed by atoms with van der Waals surface area (Å²) >= 11 is 0. The maximum absolute atomic E-state index is 13.1. The maximum Gasteiger partial charge on any atom is 0.269 e. The van der Waals surface area contributed by atoms with Crippen LogP contribution in [0.1, 0.15) is 35.3 Å². The number of amides is 2. The van der Waals surface area contributed by atoms with Crippen LogP contribution in [0.5, 0.6) is 0 Å². The normalized spacial score (nSPS) is 16.4. The second-order valence-corrected chi connectivity index (χ2v) is 12.1. The molecule has 0 spiro atoms. The molecule has 2 saturated heterocycles. The summed E-state index contributed by atoms with van der Waals surface area (Å²) in [5.74, 6) is -0.332. The number of nitrogens with zero attached hydrogens (tertiary/aromatic N) is 4. The van der Waals surface area contributed by atoms with E-state index in [1.165, 1.54) is 11.3 Å². The highest BCUT2D eigenvalue weighted by Gasteiger charge is 2.21. The van der Waals surface area contributed by atoms with Crippen LogP contribution in [0, 0.1) is 0 Å². The molecule has 0 saturated carbocycles. The number of piperazine rings is 1. The van der Waals surface area contributed by atoms with Gasteiger partial charge in [-0.25, -0.2) is 4.98 Å². The van der Waals surface area contributed by atoms with Crippen molar-refractivity contribution in [3.8, 4) is 0 Å². The van der Waals surface area contributed by atoms with Crippen LogP contribution in [-0.4, -0.2) is 85.5 Å². The predicted octanol–water partition coefficient (Wildman–Crippen LogP) is 4.63. The summed E-state index contributed by atoms with van der Waals surface area (Å²) in [5.41, 5.74) is 5.34. The van der Waals surface area contributed by atoms with Crippen molar-refractivity contribution < 1.29 is 9.59 Å². The SMILES string of the molecule is CN1CCN(c2ccc(Nc3cc(C(=O)NCCC(=O)NC4CCN(Cc5ccccc5)CC4)nc4ccccc34)cc2)CC1. The van der Waals surface area contributed by atoms with Gasteiger partial charge in [-0.05, 0) is 61.9 Å². The minimum atomic E-state index is -0.295. The van der Waals surface area contributed by atoms with Gasteiger partial charge < -0.3 is 25.8 Å². The van der Waals surface area contributed by atoms with Crippen molar-refractivity contribution in [1.29, 1.82) is 0 Å². The van der Waals surface area contributed by atoms with Gasteiger partial charge in [-0.1, -0.05) is 48.5 Å². The molecule has 0 bridgehead atoms. The van der Waals surface area contributed by atoms with E-state index < -0.39 is 0 Å². The van der Waals surface area contributed by atoms with E-state index in [-0.39, 0.29) is 30.8 Å². The van der Waals surface area contributed by atoms with Crippen molar-refractivity contribution in [1.82, 2.24) is 25.4 Å². The fourth-order valence-corrected chi connectivity index (χ4v) is 6.13. The molecule has 45 heavy (non-hydrogen) atoms. The molecule has 0 atom stereocenters. The number of likely N-dealkylation sites (tertiary alicyclic amines) is 1. The third-order valence-electron chi connectivity index (χ3n) is 8.80. The molecule has 234 valence electrons. The molecular weight excluding hydrogens is 562 g/mol. The Balaban J connectivity index is 1.00. The first-order chi connectivity index (χ1) is 22.0. The molecule has 3 heterocycles. The molecule has 0 radical (unpaired) electrons. The fourth-order valence-electron chi connectivity index (χ4n) is 6.13. The summed E-state index contributed by atoms with van der Waals surface area (Å²) in [6.07, 6.45) is 2.09. The minimum Gasteiger partial charge on any atom is -0.369 e. The number of piperidine rings is 1. The number of carbonyl (C=O) groups excluding carboxylic acids is 2. The van der Waals surface area contributed by atoms with Gasteiger partial charge in [0.15, 0.2) is 0 Å². The lowest BCUT2D eigenvalue weighted by Crippen LogP contribution is -2.45. The Kier molecular flexibility index (Phi) is 9.87. The lowest BCUT2D eigenvalue weighted by Gasteiger charge is -2.34. The van der Waals surface area contributed by atoms with Crippen LogP contribution >= 0.6 is 0 Å². The molecule has 3 N–H and O–H groups in total. The Morgan fingerprint density at radius 3 is 2.31 bits per heavy atom. The van der Waals surface area contributed by atoms with Crippen molar-refractivity contribution in [3.63, 3.8) is 0 Å². The van der Waals surface area contributed by atoms with Gasteiger partial charge in [0.25, 0.3) is 5.91 Å². The van der Waals surface area contributed by atoms with Crippen LogP contribution in [0.4, 0.5) is 17.1 Å². The first-order valence-corrected chi connectivity index (χ1v) is 16.0. The Morgan fingerprint density at radius 2 is 1.56 bits per heavy atom. The quantitative estimate of drug-likeness (QED) is 0.243. The van der Waals surface area contributed by atoms with Gasteiger partial charge in [0.2, 0.25) is 5.91 Å². The monoisotopic (exact) mass is 605 g/mol. The van der Waals surface area contributed by atoms with E-state index in [4.69, 9.17) is 0 Å². The number of fused-ring (bicyclic) bond motifs is 1. The molecule has 4 aromatic rings. The number of carbonyl (C=O) groups is 2. The number of likely N-dealkylation sites (N-methyl/N-ethyl adjacent to an activating group) is 1. The van der Waals surface area contributed by atoms with Gasteiger partial charge in [0.1, 0.15) is 5.69 Å². The zero-order valence-electron chi connectivity index (χ0n) is 26.0. The maximum atomic E-state index is 13.1. The highest BCUT2D eigenvalue weighted by atomic mass is 16.2. The minimum absolute atomic E-state index is 0.0364. The van der Waals surface area contributed by atoms with Crippen LogP contribution in [0.3, 0.4) is 0 Å². The molecule has 0 aliphatic carbocycles. The van der Waals surface area contributed by atoms with Crippen molar-refractivity contribution >= 4 is 39.8 Å². The molecule has 2 amide bonds. The first kappa shape index (κ1) is 30.6. The predicted molar refractivity (Wildman–Crippen MR) is 181 cm³/mol. The summed E-state index contributed by atoms with van der Waals surface area (Å²) in [6.45, 7) is 7.28. The number of pyridine rings is 1. The topological polar surface area (TPSA) is 92.8 Å². The number of hydrogen-bond acceptors (Lipinski definition) is 7. The van der Waals surface area contributed by atoms with Crippen molar-refractivity contribution in [2.45, 2.75) is 31.8 Å². The molecule has 6 rings (SSSR count). The van der Waals surface area contributed by atoms with E-state index in [0.29, 0.717) is 5.69 Å². The summed E-state index contributed by atoms with van der Waals surface area (Å²) in [6, 6.07) is 28.7. The summed E-state index contributed by atoms with van der Waals surface area (Å²) in [4.78, 5) is 37.6. The van der Waals surface area contributed by atoms with Gasteiger partial charge in [-0.2, -0.15) is 0 Å². The molecule has 2 fully saturated rings. The van der Waals surface area contributed by atoms with E-state index in [9.17, 15) is 9.59 Å². The van der Waals surface area contributed by atoms with E-state index >= 15 is 0 Å². The largest absolute Gasteiger partial charge is 0.369 e. The van der Waals surface area contributed by atoms with Gasteiger partial charge in [0, 0.05) is 81.6 Å². The van der Waals surface area contributed by atoms with E-state index in [1.54, 1.807) is 6.07 Å². The van der Waals surface area contributed by atoms with E-state index in [1.807, 2.05) is 30.3 Å². The van der Waals surface area contributed by atoms with Gasteiger partial charge in [-0.3, -0.25) is 14.5 Å². The van der Waals surface area contributed by atoms with Crippen LogP contribution in [0.15, 0.2) is 84.9 Å². The van der Waals surface area contributed by atoms with Crippen molar-refractivity contribution in [3.05, 3.63) is 96.2 Å².